The van der Waals surface area contributed by atoms with Gasteiger partial charge >= 0.3 is 0 Å². The van der Waals surface area contributed by atoms with Gasteiger partial charge in [0.15, 0.2) is 0 Å². The van der Waals surface area contributed by atoms with E-state index in [0.29, 0.717) is 12.1 Å². The van der Waals surface area contributed by atoms with Gasteiger partial charge in [-0.05, 0) is 47.3 Å². The van der Waals surface area contributed by atoms with E-state index in [9.17, 15) is 0 Å². The highest BCUT2D eigenvalue weighted by molar-refractivity contribution is 4.85. The predicted octanol–water partition coefficient (Wildman–Crippen LogP) is 2.27. The average Bonchev–Trinajstić information content (AvgIpc) is 2.12. The van der Waals surface area contributed by atoms with Crippen molar-refractivity contribution in [3.63, 3.8) is 0 Å². The van der Waals surface area contributed by atoms with Crippen molar-refractivity contribution in [1.82, 2.24) is 10.2 Å². The van der Waals surface area contributed by atoms with Gasteiger partial charge in [-0.3, -0.25) is 0 Å². The van der Waals surface area contributed by atoms with Gasteiger partial charge < -0.3 is 10.2 Å². The SMILES string of the molecule is C/C=C/CC(CC(C)NCC)N(C)C. The van der Waals surface area contributed by atoms with E-state index >= 15 is 0 Å². The van der Waals surface area contributed by atoms with E-state index in [1.807, 2.05) is 0 Å². The van der Waals surface area contributed by atoms with Crippen LogP contribution in [0.1, 0.15) is 33.6 Å². The van der Waals surface area contributed by atoms with Gasteiger partial charge in [0, 0.05) is 12.1 Å². The first-order valence-electron chi connectivity index (χ1n) is 5.62. The quantitative estimate of drug-likeness (QED) is 0.631. The standard InChI is InChI=1S/C12H26N2/c1-6-8-9-12(14(4)5)10-11(3)13-7-2/h6,8,11-13H,7,9-10H2,1-5H3/b8-6+. The van der Waals surface area contributed by atoms with Gasteiger partial charge in [-0.2, -0.15) is 0 Å². The largest absolute Gasteiger partial charge is 0.314 e. The van der Waals surface area contributed by atoms with Gasteiger partial charge in [-0.25, -0.2) is 0 Å². The summed E-state index contributed by atoms with van der Waals surface area (Å²) in [5, 5.41) is 3.46. The van der Waals surface area contributed by atoms with Crippen molar-refractivity contribution in [2.24, 2.45) is 0 Å². The number of allylic oxidation sites excluding steroid dienone is 1. The summed E-state index contributed by atoms with van der Waals surface area (Å²) in [6.07, 6.45) is 6.75. The topological polar surface area (TPSA) is 15.3 Å². The molecular weight excluding hydrogens is 172 g/mol. The number of hydrogen-bond donors (Lipinski definition) is 1. The second-order valence-electron chi connectivity index (χ2n) is 4.12. The minimum Gasteiger partial charge on any atom is -0.314 e. The molecule has 0 spiro atoms. The first-order valence-corrected chi connectivity index (χ1v) is 5.62. The van der Waals surface area contributed by atoms with E-state index in [2.05, 4.69) is 57.2 Å². The molecule has 1 N–H and O–H groups in total. The lowest BCUT2D eigenvalue weighted by Crippen LogP contribution is -2.36. The number of rotatable bonds is 7. The van der Waals surface area contributed by atoms with Gasteiger partial charge in [0.1, 0.15) is 0 Å². The van der Waals surface area contributed by atoms with Crippen LogP contribution in [0.15, 0.2) is 12.2 Å². The van der Waals surface area contributed by atoms with E-state index in [1.54, 1.807) is 0 Å². The van der Waals surface area contributed by atoms with E-state index in [-0.39, 0.29) is 0 Å². The Balaban J connectivity index is 3.95. The highest BCUT2D eigenvalue weighted by atomic mass is 15.1. The Bertz CT molecular complexity index is 152. The summed E-state index contributed by atoms with van der Waals surface area (Å²) in [7, 11) is 4.32. The van der Waals surface area contributed by atoms with Gasteiger partial charge in [0.25, 0.3) is 0 Å². The maximum absolute atomic E-state index is 3.46. The number of nitrogens with zero attached hydrogens (tertiary/aromatic N) is 1. The Kier molecular flexibility index (Phi) is 7.81. The Morgan fingerprint density at radius 1 is 1.36 bits per heavy atom. The minimum absolute atomic E-state index is 0.609. The second-order valence-corrected chi connectivity index (χ2v) is 4.12. The molecule has 0 heterocycles. The molecule has 0 aromatic heterocycles. The lowest BCUT2D eigenvalue weighted by molar-refractivity contribution is 0.259. The molecule has 2 nitrogen and oxygen atoms in total. The Labute approximate surface area is 89.4 Å². The third kappa shape index (κ3) is 6.17. The smallest absolute Gasteiger partial charge is 0.0138 e. The predicted molar refractivity (Wildman–Crippen MR) is 64.7 cm³/mol. The molecule has 84 valence electrons. The van der Waals surface area contributed by atoms with Crippen LogP contribution in [-0.4, -0.2) is 37.6 Å². The molecule has 14 heavy (non-hydrogen) atoms. The van der Waals surface area contributed by atoms with Crippen molar-refractivity contribution in [2.45, 2.75) is 45.7 Å². The molecule has 0 amide bonds. The maximum atomic E-state index is 3.46. The van der Waals surface area contributed by atoms with Gasteiger partial charge in [0.2, 0.25) is 0 Å². The molecule has 0 radical (unpaired) electrons. The molecule has 2 atom stereocenters. The molecule has 2 unspecified atom stereocenters. The van der Waals surface area contributed by atoms with Gasteiger partial charge in [-0.15, -0.1) is 0 Å². The van der Waals surface area contributed by atoms with E-state index in [4.69, 9.17) is 0 Å². The normalized spacial score (nSPS) is 16.4. The molecule has 0 fully saturated rings. The molecule has 0 aromatic carbocycles. The second kappa shape index (κ2) is 8.01. The van der Waals surface area contributed by atoms with Crippen LogP contribution in [0.3, 0.4) is 0 Å². The molecule has 0 bridgehead atoms. The molecule has 0 aromatic rings. The van der Waals surface area contributed by atoms with Crippen molar-refractivity contribution in [3.8, 4) is 0 Å². The minimum atomic E-state index is 0.609. The van der Waals surface area contributed by atoms with Crippen LogP contribution in [0.5, 0.6) is 0 Å². The molecule has 0 saturated carbocycles. The molecule has 0 aliphatic heterocycles. The summed E-state index contributed by atoms with van der Waals surface area (Å²) in [6, 6.07) is 1.26. The Hall–Kier alpha value is -0.340. The molecule has 0 aliphatic rings. The van der Waals surface area contributed by atoms with E-state index < -0.39 is 0 Å². The highest BCUT2D eigenvalue weighted by Gasteiger charge is 2.12. The van der Waals surface area contributed by atoms with E-state index in [0.717, 1.165) is 13.0 Å². The summed E-state index contributed by atoms with van der Waals surface area (Å²) in [6.45, 7) is 7.56. The van der Waals surface area contributed by atoms with Crippen LogP contribution in [0.2, 0.25) is 0 Å². The fraction of sp³-hybridized carbons (Fsp3) is 0.833. The molecular formula is C12H26N2. The monoisotopic (exact) mass is 198 g/mol. The van der Waals surface area contributed by atoms with Crippen LogP contribution >= 0.6 is 0 Å². The average molecular weight is 198 g/mol. The first kappa shape index (κ1) is 13.7. The van der Waals surface area contributed by atoms with Crippen LogP contribution in [0.4, 0.5) is 0 Å². The van der Waals surface area contributed by atoms with Crippen molar-refractivity contribution in [3.05, 3.63) is 12.2 Å². The van der Waals surface area contributed by atoms with Crippen molar-refractivity contribution < 1.29 is 0 Å². The van der Waals surface area contributed by atoms with Crippen molar-refractivity contribution >= 4 is 0 Å². The summed E-state index contributed by atoms with van der Waals surface area (Å²) in [5.41, 5.74) is 0. The Morgan fingerprint density at radius 3 is 2.43 bits per heavy atom. The molecule has 2 heteroatoms. The van der Waals surface area contributed by atoms with Gasteiger partial charge in [-0.1, -0.05) is 19.1 Å². The summed E-state index contributed by atoms with van der Waals surface area (Å²) in [5.74, 6) is 0. The van der Waals surface area contributed by atoms with Crippen molar-refractivity contribution in [2.75, 3.05) is 20.6 Å². The van der Waals surface area contributed by atoms with Crippen LogP contribution in [0.25, 0.3) is 0 Å². The first-order chi connectivity index (χ1) is 6.61. The summed E-state index contributed by atoms with van der Waals surface area (Å²) < 4.78 is 0. The maximum Gasteiger partial charge on any atom is 0.0138 e. The summed E-state index contributed by atoms with van der Waals surface area (Å²) >= 11 is 0. The molecule has 0 rings (SSSR count). The Morgan fingerprint density at radius 2 is 2.00 bits per heavy atom. The van der Waals surface area contributed by atoms with Crippen LogP contribution < -0.4 is 5.32 Å². The molecule has 0 saturated heterocycles. The summed E-state index contributed by atoms with van der Waals surface area (Å²) in [4.78, 5) is 2.31. The van der Waals surface area contributed by atoms with E-state index in [1.165, 1.54) is 6.42 Å². The highest BCUT2D eigenvalue weighted by Crippen LogP contribution is 2.08. The zero-order chi connectivity index (χ0) is 11.0. The number of nitrogens with one attached hydrogen (secondary N) is 1. The fourth-order valence-corrected chi connectivity index (χ4v) is 1.65. The third-order valence-corrected chi connectivity index (χ3v) is 2.55. The van der Waals surface area contributed by atoms with Crippen molar-refractivity contribution in [1.29, 1.82) is 0 Å². The number of hydrogen-bond acceptors (Lipinski definition) is 2. The van der Waals surface area contributed by atoms with Gasteiger partial charge in [0.05, 0.1) is 0 Å². The van der Waals surface area contributed by atoms with Crippen LogP contribution in [0, 0.1) is 0 Å². The lowest BCUT2D eigenvalue weighted by atomic mass is 10.0. The fourth-order valence-electron chi connectivity index (χ4n) is 1.65. The molecule has 0 aliphatic carbocycles. The third-order valence-electron chi connectivity index (χ3n) is 2.55. The van der Waals surface area contributed by atoms with Crippen LogP contribution in [-0.2, 0) is 0 Å². The lowest BCUT2D eigenvalue weighted by Gasteiger charge is -2.26. The zero-order valence-corrected chi connectivity index (χ0v) is 10.4. The zero-order valence-electron chi connectivity index (χ0n) is 10.4.